The van der Waals surface area contributed by atoms with Gasteiger partial charge in [-0.05, 0) is 49.6 Å². The van der Waals surface area contributed by atoms with E-state index < -0.39 is 6.04 Å². The zero-order chi connectivity index (χ0) is 23.0. The molecule has 1 N–H and O–H groups in total. The summed E-state index contributed by atoms with van der Waals surface area (Å²) in [7, 11) is 0. The standard InChI is InChI=1S/C23H27Cl3N2O2S/c1-4-21(23(30)27-15(2)3)28(12-17-7-5-6-8-18(17)24)22(29)14-31-13-16-9-10-19(25)20(26)11-16/h5-11,15,21H,4,12-14H2,1-3H3,(H,27,30)/t21-/m1/s1. The lowest BCUT2D eigenvalue weighted by molar-refractivity contribution is -0.139. The minimum Gasteiger partial charge on any atom is -0.352 e. The lowest BCUT2D eigenvalue weighted by atomic mass is 10.1. The first kappa shape index (κ1) is 25.9. The monoisotopic (exact) mass is 500 g/mol. The van der Waals surface area contributed by atoms with E-state index in [2.05, 4.69) is 5.32 Å². The van der Waals surface area contributed by atoms with E-state index in [9.17, 15) is 9.59 Å². The molecule has 8 heteroatoms. The number of carbonyl (C=O) groups excluding carboxylic acids is 2. The molecule has 0 saturated heterocycles. The fraction of sp³-hybridized carbons (Fsp3) is 0.391. The highest BCUT2D eigenvalue weighted by atomic mass is 35.5. The average molecular weight is 502 g/mol. The van der Waals surface area contributed by atoms with Crippen LogP contribution in [0.1, 0.15) is 38.3 Å². The maximum absolute atomic E-state index is 13.2. The molecule has 0 unspecified atom stereocenters. The highest BCUT2D eigenvalue weighted by Crippen LogP contribution is 2.25. The predicted octanol–water partition coefficient (Wildman–Crippen LogP) is 6.21. The van der Waals surface area contributed by atoms with Crippen LogP contribution in [0, 0.1) is 0 Å². The van der Waals surface area contributed by atoms with Crippen molar-refractivity contribution in [3.05, 3.63) is 68.7 Å². The fourth-order valence-electron chi connectivity index (χ4n) is 3.08. The zero-order valence-corrected chi connectivity index (χ0v) is 20.9. The van der Waals surface area contributed by atoms with Crippen LogP contribution in [-0.4, -0.2) is 34.6 Å². The molecule has 4 nitrogen and oxygen atoms in total. The molecule has 1 atom stereocenters. The van der Waals surface area contributed by atoms with Gasteiger partial charge in [0.05, 0.1) is 15.8 Å². The molecule has 2 rings (SSSR count). The average Bonchev–Trinajstić information content (AvgIpc) is 2.71. The van der Waals surface area contributed by atoms with Gasteiger partial charge in [-0.15, -0.1) is 11.8 Å². The summed E-state index contributed by atoms with van der Waals surface area (Å²) in [5.41, 5.74) is 1.79. The second-order valence-corrected chi connectivity index (χ2v) is 9.65. The van der Waals surface area contributed by atoms with Crippen molar-refractivity contribution >= 4 is 58.4 Å². The van der Waals surface area contributed by atoms with Crippen LogP contribution >= 0.6 is 46.6 Å². The fourth-order valence-corrected chi connectivity index (χ4v) is 4.45. The van der Waals surface area contributed by atoms with Crippen molar-refractivity contribution in [2.24, 2.45) is 0 Å². The molecule has 0 aliphatic rings. The molecule has 0 fully saturated rings. The number of halogens is 3. The highest BCUT2D eigenvalue weighted by molar-refractivity contribution is 7.99. The maximum atomic E-state index is 13.2. The number of hydrogen-bond donors (Lipinski definition) is 1. The Morgan fingerprint density at radius 2 is 1.74 bits per heavy atom. The molecule has 2 aromatic carbocycles. The number of thioether (sulfide) groups is 1. The number of nitrogens with one attached hydrogen (secondary N) is 1. The van der Waals surface area contributed by atoms with Crippen LogP contribution in [0.5, 0.6) is 0 Å². The number of rotatable bonds is 10. The van der Waals surface area contributed by atoms with Gasteiger partial charge >= 0.3 is 0 Å². The molecular formula is C23H27Cl3N2O2S. The number of carbonyl (C=O) groups is 2. The van der Waals surface area contributed by atoms with Crippen LogP contribution in [0.4, 0.5) is 0 Å². The van der Waals surface area contributed by atoms with Gasteiger partial charge in [-0.2, -0.15) is 0 Å². The summed E-state index contributed by atoms with van der Waals surface area (Å²) in [6.07, 6.45) is 0.506. The number of nitrogens with zero attached hydrogens (tertiary/aromatic N) is 1. The number of hydrogen-bond acceptors (Lipinski definition) is 3. The molecule has 0 aliphatic carbocycles. The molecule has 0 aromatic heterocycles. The van der Waals surface area contributed by atoms with Crippen LogP contribution in [-0.2, 0) is 21.9 Å². The van der Waals surface area contributed by atoms with Gasteiger partial charge in [0.15, 0.2) is 0 Å². The van der Waals surface area contributed by atoms with Crippen molar-refractivity contribution in [3.63, 3.8) is 0 Å². The lowest BCUT2D eigenvalue weighted by Gasteiger charge is -2.31. The molecule has 2 aromatic rings. The third kappa shape index (κ3) is 7.90. The minimum absolute atomic E-state index is 0.0113. The number of benzene rings is 2. The Bertz CT molecular complexity index is 908. The van der Waals surface area contributed by atoms with Crippen LogP contribution < -0.4 is 5.32 Å². The van der Waals surface area contributed by atoms with E-state index in [0.29, 0.717) is 27.2 Å². The van der Waals surface area contributed by atoms with Crippen LogP contribution in [0.15, 0.2) is 42.5 Å². The van der Waals surface area contributed by atoms with Gasteiger partial charge < -0.3 is 10.2 Å². The van der Waals surface area contributed by atoms with Gasteiger partial charge in [0.2, 0.25) is 11.8 Å². The smallest absolute Gasteiger partial charge is 0.243 e. The normalized spacial score (nSPS) is 12.0. The van der Waals surface area contributed by atoms with Crippen LogP contribution in [0.2, 0.25) is 15.1 Å². The molecule has 0 saturated carbocycles. The summed E-state index contributed by atoms with van der Waals surface area (Å²) >= 11 is 19.8. The minimum atomic E-state index is -0.572. The summed E-state index contributed by atoms with van der Waals surface area (Å²) in [4.78, 5) is 27.6. The van der Waals surface area contributed by atoms with E-state index in [-0.39, 0.29) is 30.2 Å². The van der Waals surface area contributed by atoms with Gasteiger partial charge in [0.25, 0.3) is 0 Å². The van der Waals surface area contributed by atoms with Gasteiger partial charge in [0.1, 0.15) is 6.04 Å². The molecular weight excluding hydrogens is 475 g/mol. The Hall–Kier alpha value is -1.40. The molecule has 0 spiro atoms. The first-order valence-corrected chi connectivity index (χ1v) is 12.4. The zero-order valence-electron chi connectivity index (χ0n) is 17.8. The predicted molar refractivity (Wildman–Crippen MR) is 132 cm³/mol. The lowest BCUT2D eigenvalue weighted by Crippen LogP contribution is -2.51. The van der Waals surface area contributed by atoms with Gasteiger partial charge in [-0.25, -0.2) is 0 Å². The largest absolute Gasteiger partial charge is 0.352 e. The van der Waals surface area contributed by atoms with E-state index in [0.717, 1.165) is 11.1 Å². The molecule has 0 heterocycles. The second kappa shape index (κ2) is 12.6. The Morgan fingerprint density at radius 1 is 1.03 bits per heavy atom. The summed E-state index contributed by atoms with van der Waals surface area (Å²) in [6, 6.07) is 12.2. The SMILES string of the molecule is CC[C@H](C(=O)NC(C)C)N(Cc1ccccc1Cl)C(=O)CSCc1ccc(Cl)c(Cl)c1. The van der Waals surface area contributed by atoms with Crippen molar-refractivity contribution in [1.29, 1.82) is 0 Å². The molecule has 2 amide bonds. The third-order valence-corrected chi connectivity index (χ3v) is 6.69. The van der Waals surface area contributed by atoms with Crippen molar-refractivity contribution < 1.29 is 9.59 Å². The van der Waals surface area contributed by atoms with Crippen molar-refractivity contribution in [2.45, 2.75) is 51.6 Å². The Balaban J connectivity index is 2.15. The highest BCUT2D eigenvalue weighted by Gasteiger charge is 2.29. The van der Waals surface area contributed by atoms with Crippen LogP contribution in [0.25, 0.3) is 0 Å². The Labute approximate surface area is 203 Å². The van der Waals surface area contributed by atoms with E-state index in [1.165, 1.54) is 11.8 Å². The molecule has 0 bridgehead atoms. The second-order valence-electron chi connectivity index (χ2n) is 7.44. The van der Waals surface area contributed by atoms with E-state index in [1.807, 2.05) is 45.0 Å². The maximum Gasteiger partial charge on any atom is 0.243 e. The molecule has 168 valence electrons. The van der Waals surface area contributed by atoms with E-state index in [1.54, 1.807) is 23.1 Å². The molecule has 0 aliphatic heterocycles. The molecule has 0 radical (unpaired) electrons. The topological polar surface area (TPSA) is 49.4 Å². The van der Waals surface area contributed by atoms with Gasteiger partial charge in [0, 0.05) is 23.4 Å². The quantitative estimate of drug-likeness (QED) is 0.421. The van der Waals surface area contributed by atoms with Gasteiger partial charge in [-0.3, -0.25) is 9.59 Å². The summed E-state index contributed by atoms with van der Waals surface area (Å²) < 4.78 is 0. The van der Waals surface area contributed by atoms with Crippen molar-refractivity contribution in [2.75, 3.05) is 5.75 Å². The van der Waals surface area contributed by atoms with Crippen molar-refractivity contribution in [3.8, 4) is 0 Å². The van der Waals surface area contributed by atoms with Crippen molar-refractivity contribution in [1.82, 2.24) is 10.2 Å². The van der Waals surface area contributed by atoms with E-state index >= 15 is 0 Å². The Morgan fingerprint density at radius 3 is 2.35 bits per heavy atom. The van der Waals surface area contributed by atoms with Gasteiger partial charge in [-0.1, -0.05) is 66.0 Å². The first-order chi connectivity index (χ1) is 14.7. The summed E-state index contributed by atoms with van der Waals surface area (Å²) in [5.74, 6) is 0.566. The first-order valence-electron chi connectivity index (χ1n) is 10.1. The Kier molecular flexibility index (Phi) is 10.5. The molecule has 31 heavy (non-hydrogen) atoms. The van der Waals surface area contributed by atoms with E-state index in [4.69, 9.17) is 34.8 Å². The number of amides is 2. The summed E-state index contributed by atoms with van der Waals surface area (Å²) in [5, 5.41) is 4.48. The van der Waals surface area contributed by atoms with Crippen LogP contribution in [0.3, 0.4) is 0 Å². The third-order valence-electron chi connectivity index (χ3n) is 4.59. The summed E-state index contributed by atoms with van der Waals surface area (Å²) in [6.45, 7) is 5.98.